The molecule has 1 amide bonds. The van der Waals surface area contributed by atoms with Crippen LogP contribution in [-0.2, 0) is 7.05 Å². The molecule has 0 bridgehead atoms. The first-order valence-electron chi connectivity index (χ1n) is 12.2. The molecule has 1 atom stereocenters. The molecule has 4 aromatic rings. The van der Waals surface area contributed by atoms with Crippen molar-refractivity contribution in [3.8, 4) is 11.5 Å². The van der Waals surface area contributed by atoms with E-state index in [9.17, 15) is 4.79 Å². The van der Waals surface area contributed by atoms with Crippen LogP contribution in [-0.4, -0.2) is 51.0 Å². The lowest BCUT2D eigenvalue weighted by molar-refractivity contribution is 0.0936. The SMILES string of the molecule is CCN1CCCC1CNC(=O)c1cc(Oc2ccc3c(c2)nc(Nc2ccc(Br)cc2)n3C)ccn1. The molecule has 0 radical (unpaired) electrons. The maximum absolute atomic E-state index is 12.7. The van der Waals surface area contributed by atoms with Gasteiger partial charge in [0.2, 0.25) is 5.95 Å². The molecule has 2 N–H and O–H groups in total. The molecule has 36 heavy (non-hydrogen) atoms. The van der Waals surface area contributed by atoms with Crippen LogP contribution in [0.1, 0.15) is 30.3 Å². The monoisotopic (exact) mass is 548 g/mol. The van der Waals surface area contributed by atoms with Gasteiger partial charge in [0.25, 0.3) is 5.91 Å². The number of hydrogen-bond acceptors (Lipinski definition) is 6. The average molecular weight is 549 g/mol. The third kappa shape index (κ3) is 5.37. The van der Waals surface area contributed by atoms with E-state index in [-0.39, 0.29) is 5.91 Å². The topological polar surface area (TPSA) is 84.3 Å². The summed E-state index contributed by atoms with van der Waals surface area (Å²) < 4.78 is 9.09. The second-order valence-electron chi connectivity index (χ2n) is 8.89. The first-order chi connectivity index (χ1) is 17.5. The van der Waals surface area contributed by atoms with E-state index in [0.717, 1.165) is 46.7 Å². The summed E-state index contributed by atoms with van der Waals surface area (Å²) >= 11 is 3.46. The predicted octanol–water partition coefficient (Wildman–Crippen LogP) is 5.48. The van der Waals surface area contributed by atoms with Crippen LogP contribution in [0.3, 0.4) is 0 Å². The van der Waals surface area contributed by atoms with E-state index in [2.05, 4.69) is 43.4 Å². The lowest BCUT2D eigenvalue weighted by atomic mass is 10.2. The standard InChI is InChI=1S/C27H29BrN6O2/c1-3-34-14-4-5-20(34)17-30-26(35)24-16-22(12-13-29-24)36-21-10-11-25-23(15-21)32-27(33(25)2)31-19-8-6-18(28)7-9-19/h6-13,15-16,20H,3-5,14,17H2,1-2H3,(H,30,35)(H,31,32). The van der Waals surface area contributed by atoms with Crippen LogP contribution in [0.4, 0.5) is 11.6 Å². The summed E-state index contributed by atoms with van der Waals surface area (Å²) in [6.45, 7) is 4.89. The third-order valence-corrected chi connectivity index (χ3v) is 7.08. The molecule has 1 fully saturated rings. The van der Waals surface area contributed by atoms with E-state index in [0.29, 0.717) is 29.8 Å². The fraction of sp³-hybridized carbons (Fsp3) is 0.296. The number of carbonyl (C=O) groups is 1. The number of aromatic nitrogens is 3. The average Bonchev–Trinajstić information content (AvgIpc) is 3.47. The minimum Gasteiger partial charge on any atom is -0.457 e. The van der Waals surface area contributed by atoms with Gasteiger partial charge in [-0.1, -0.05) is 22.9 Å². The number of nitrogens with one attached hydrogen (secondary N) is 2. The van der Waals surface area contributed by atoms with E-state index >= 15 is 0 Å². The Kier molecular flexibility index (Phi) is 7.20. The Labute approximate surface area is 218 Å². The number of rotatable bonds is 8. The van der Waals surface area contributed by atoms with Crippen LogP contribution >= 0.6 is 15.9 Å². The molecule has 8 nitrogen and oxygen atoms in total. The Bertz CT molecular complexity index is 1370. The summed E-state index contributed by atoms with van der Waals surface area (Å²) in [5, 5.41) is 6.38. The smallest absolute Gasteiger partial charge is 0.270 e. The van der Waals surface area contributed by atoms with E-state index in [1.807, 2.05) is 54.1 Å². The molecular formula is C27H29BrN6O2. The molecule has 186 valence electrons. The van der Waals surface area contributed by atoms with Crippen LogP contribution in [0.2, 0.25) is 0 Å². The third-order valence-electron chi connectivity index (χ3n) is 6.56. The highest BCUT2D eigenvalue weighted by molar-refractivity contribution is 9.10. The van der Waals surface area contributed by atoms with Crippen molar-refractivity contribution in [2.45, 2.75) is 25.8 Å². The molecule has 1 saturated heterocycles. The van der Waals surface area contributed by atoms with Crippen molar-refractivity contribution in [2.75, 3.05) is 25.0 Å². The highest BCUT2D eigenvalue weighted by Crippen LogP contribution is 2.28. The number of nitrogens with zero attached hydrogens (tertiary/aromatic N) is 4. The molecular weight excluding hydrogens is 520 g/mol. The molecule has 2 aromatic carbocycles. The number of halogens is 1. The zero-order valence-corrected chi connectivity index (χ0v) is 22.0. The molecule has 1 aliphatic heterocycles. The van der Waals surface area contributed by atoms with Gasteiger partial charge in [-0.2, -0.15) is 0 Å². The molecule has 1 unspecified atom stereocenters. The number of amides is 1. The molecule has 5 rings (SSSR count). The second kappa shape index (κ2) is 10.7. The van der Waals surface area contributed by atoms with Crippen molar-refractivity contribution in [2.24, 2.45) is 7.05 Å². The summed E-state index contributed by atoms with van der Waals surface area (Å²) in [7, 11) is 1.97. The zero-order valence-electron chi connectivity index (χ0n) is 20.4. The summed E-state index contributed by atoms with van der Waals surface area (Å²) in [6.07, 6.45) is 3.89. The van der Waals surface area contributed by atoms with Crippen LogP contribution in [0.15, 0.2) is 65.3 Å². The number of carbonyl (C=O) groups excluding carboxylic acids is 1. The first-order valence-corrected chi connectivity index (χ1v) is 12.9. The fourth-order valence-corrected chi connectivity index (χ4v) is 4.86. The lowest BCUT2D eigenvalue weighted by Gasteiger charge is -2.22. The minimum atomic E-state index is -0.188. The number of likely N-dealkylation sites (N-methyl/N-ethyl adjacent to an activating group) is 1. The summed E-state index contributed by atoms with van der Waals surface area (Å²) in [5.41, 5.74) is 3.07. The molecule has 0 aliphatic carbocycles. The van der Waals surface area contributed by atoms with Gasteiger partial charge in [-0.25, -0.2) is 4.98 Å². The second-order valence-corrected chi connectivity index (χ2v) is 9.81. The Balaban J connectivity index is 1.27. The molecule has 2 aromatic heterocycles. The van der Waals surface area contributed by atoms with E-state index in [4.69, 9.17) is 9.72 Å². The van der Waals surface area contributed by atoms with Crippen LogP contribution in [0, 0.1) is 0 Å². The summed E-state index contributed by atoms with van der Waals surface area (Å²) in [5.74, 6) is 1.73. The van der Waals surface area contributed by atoms with Gasteiger partial charge in [0.15, 0.2) is 0 Å². The van der Waals surface area contributed by atoms with Gasteiger partial charge in [-0.15, -0.1) is 0 Å². The number of pyridine rings is 1. The number of ether oxygens (including phenoxy) is 1. The quantitative estimate of drug-likeness (QED) is 0.303. The van der Waals surface area contributed by atoms with Gasteiger partial charge in [-0.3, -0.25) is 14.7 Å². The van der Waals surface area contributed by atoms with Gasteiger partial charge in [-0.05, 0) is 68.4 Å². The zero-order chi connectivity index (χ0) is 25.1. The molecule has 1 aliphatic rings. The molecule has 0 saturated carbocycles. The van der Waals surface area contributed by atoms with Gasteiger partial charge in [0.1, 0.15) is 17.2 Å². The van der Waals surface area contributed by atoms with Crippen LogP contribution in [0.5, 0.6) is 11.5 Å². The number of likely N-dealkylation sites (tertiary alicyclic amines) is 1. The van der Waals surface area contributed by atoms with Gasteiger partial charge < -0.3 is 19.9 Å². The van der Waals surface area contributed by atoms with E-state index in [1.165, 1.54) is 6.42 Å². The Morgan fingerprint density at radius 2 is 1.94 bits per heavy atom. The minimum absolute atomic E-state index is 0.188. The number of hydrogen-bond donors (Lipinski definition) is 2. The van der Waals surface area contributed by atoms with Crippen molar-refractivity contribution in [3.63, 3.8) is 0 Å². The largest absolute Gasteiger partial charge is 0.457 e. The normalized spacial score (nSPS) is 15.8. The van der Waals surface area contributed by atoms with Gasteiger partial charge in [0.05, 0.1) is 11.0 Å². The van der Waals surface area contributed by atoms with Gasteiger partial charge >= 0.3 is 0 Å². The molecule has 9 heteroatoms. The Hall–Kier alpha value is -3.43. The number of benzene rings is 2. The number of anilines is 2. The lowest BCUT2D eigenvalue weighted by Crippen LogP contribution is -2.40. The highest BCUT2D eigenvalue weighted by Gasteiger charge is 2.23. The molecule has 3 heterocycles. The highest BCUT2D eigenvalue weighted by atomic mass is 79.9. The maximum atomic E-state index is 12.7. The first kappa shape index (κ1) is 24.3. The number of aryl methyl sites for hydroxylation is 1. The van der Waals surface area contributed by atoms with Crippen molar-refractivity contribution < 1.29 is 9.53 Å². The number of imidazole rings is 1. The predicted molar refractivity (Wildman–Crippen MR) is 145 cm³/mol. The summed E-state index contributed by atoms with van der Waals surface area (Å²) in [4.78, 5) is 24.1. The van der Waals surface area contributed by atoms with Gasteiger partial charge in [0, 0.05) is 48.1 Å². The van der Waals surface area contributed by atoms with Crippen LogP contribution < -0.4 is 15.4 Å². The van der Waals surface area contributed by atoms with Crippen molar-refractivity contribution in [3.05, 3.63) is 71.0 Å². The molecule has 0 spiro atoms. The Morgan fingerprint density at radius 3 is 2.75 bits per heavy atom. The van der Waals surface area contributed by atoms with Crippen molar-refractivity contribution in [1.82, 2.24) is 24.8 Å². The Morgan fingerprint density at radius 1 is 1.14 bits per heavy atom. The maximum Gasteiger partial charge on any atom is 0.270 e. The van der Waals surface area contributed by atoms with Crippen LogP contribution in [0.25, 0.3) is 11.0 Å². The summed E-state index contributed by atoms with van der Waals surface area (Å²) in [6, 6.07) is 17.5. The number of fused-ring (bicyclic) bond motifs is 1. The van der Waals surface area contributed by atoms with E-state index in [1.54, 1.807) is 18.3 Å². The van der Waals surface area contributed by atoms with E-state index < -0.39 is 0 Å². The van der Waals surface area contributed by atoms with Crippen molar-refractivity contribution in [1.29, 1.82) is 0 Å². The fourth-order valence-electron chi connectivity index (χ4n) is 4.60. The van der Waals surface area contributed by atoms with Crippen molar-refractivity contribution >= 4 is 44.5 Å².